The standard InChI is InChI=1S/C20H27NO5/c1-20(2,3)26-19(23)21-12-13-7-5-6-8-15(13)18(21)16-10-9-14(25-16)11-17(22)24-4/h5-8,14,16,18H,9-12H2,1-4H3. The highest BCUT2D eigenvalue weighted by atomic mass is 16.6. The molecule has 3 rings (SSSR count). The second-order valence-corrected chi connectivity index (χ2v) is 7.91. The fraction of sp³-hybridized carbons (Fsp3) is 0.600. The van der Waals surface area contributed by atoms with Crippen LogP contribution in [-0.4, -0.2) is 41.9 Å². The molecule has 142 valence electrons. The van der Waals surface area contributed by atoms with Crippen molar-refractivity contribution in [3.05, 3.63) is 35.4 Å². The molecule has 0 radical (unpaired) electrons. The lowest BCUT2D eigenvalue weighted by molar-refractivity contribution is -0.144. The topological polar surface area (TPSA) is 65.1 Å². The zero-order chi connectivity index (χ0) is 18.9. The largest absolute Gasteiger partial charge is 0.469 e. The molecular formula is C20H27NO5. The van der Waals surface area contributed by atoms with Crippen LogP contribution in [0.3, 0.4) is 0 Å². The first-order valence-electron chi connectivity index (χ1n) is 9.08. The lowest BCUT2D eigenvalue weighted by Gasteiger charge is -2.32. The highest BCUT2D eigenvalue weighted by molar-refractivity contribution is 5.71. The number of hydrogen-bond acceptors (Lipinski definition) is 5. The second kappa shape index (κ2) is 7.27. The molecule has 1 aromatic carbocycles. The van der Waals surface area contributed by atoms with Crippen molar-refractivity contribution in [1.82, 2.24) is 4.90 Å². The first kappa shape index (κ1) is 18.7. The van der Waals surface area contributed by atoms with Gasteiger partial charge in [0.2, 0.25) is 0 Å². The molecule has 6 nitrogen and oxygen atoms in total. The van der Waals surface area contributed by atoms with Crippen molar-refractivity contribution in [2.45, 2.75) is 70.4 Å². The zero-order valence-corrected chi connectivity index (χ0v) is 15.9. The first-order chi connectivity index (χ1) is 12.3. The van der Waals surface area contributed by atoms with E-state index in [9.17, 15) is 9.59 Å². The number of benzene rings is 1. The van der Waals surface area contributed by atoms with Gasteiger partial charge in [0.25, 0.3) is 0 Å². The van der Waals surface area contributed by atoms with Crippen LogP contribution in [0.15, 0.2) is 24.3 Å². The minimum atomic E-state index is -0.555. The number of esters is 1. The van der Waals surface area contributed by atoms with Gasteiger partial charge in [-0.2, -0.15) is 0 Å². The minimum Gasteiger partial charge on any atom is -0.469 e. The van der Waals surface area contributed by atoms with E-state index in [1.807, 2.05) is 45.0 Å². The molecule has 3 unspecified atom stereocenters. The van der Waals surface area contributed by atoms with Gasteiger partial charge in [0.05, 0.1) is 38.3 Å². The molecule has 1 aromatic rings. The van der Waals surface area contributed by atoms with Crippen LogP contribution in [0.4, 0.5) is 4.79 Å². The molecule has 0 spiro atoms. The summed E-state index contributed by atoms with van der Waals surface area (Å²) in [6.07, 6.45) is 1.16. The van der Waals surface area contributed by atoms with Gasteiger partial charge in [0, 0.05) is 0 Å². The summed E-state index contributed by atoms with van der Waals surface area (Å²) in [5, 5.41) is 0. The lowest BCUT2D eigenvalue weighted by Crippen LogP contribution is -2.39. The Morgan fingerprint density at radius 3 is 2.65 bits per heavy atom. The maximum absolute atomic E-state index is 12.8. The maximum Gasteiger partial charge on any atom is 0.411 e. The smallest absolute Gasteiger partial charge is 0.411 e. The van der Waals surface area contributed by atoms with Gasteiger partial charge in [-0.3, -0.25) is 9.69 Å². The number of rotatable bonds is 3. The van der Waals surface area contributed by atoms with Gasteiger partial charge in [0.1, 0.15) is 5.60 Å². The molecule has 0 bridgehead atoms. The summed E-state index contributed by atoms with van der Waals surface area (Å²) in [6, 6.07) is 7.84. The number of fused-ring (bicyclic) bond motifs is 1. The van der Waals surface area contributed by atoms with Crippen molar-refractivity contribution < 1.29 is 23.8 Å². The van der Waals surface area contributed by atoms with Crippen LogP contribution < -0.4 is 0 Å². The highest BCUT2D eigenvalue weighted by Gasteiger charge is 2.44. The van der Waals surface area contributed by atoms with Gasteiger partial charge >= 0.3 is 12.1 Å². The monoisotopic (exact) mass is 361 g/mol. The zero-order valence-electron chi connectivity index (χ0n) is 15.9. The van der Waals surface area contributed by atoms with Gasteiger partial charge in [-0.15, -0.1) is 0 Å². The molecule has 6 heteroatoms. The molecule has 2 heterocycles. The summed E-state index contributed by atoms with van der Waals surface area (Å²) in [5.41, 5.74) is 1.66. The highest BCUT2D eigenvalue weighted by Crippen LogP contribution is 2.42. The predicted octanol–water partition coefficient (Wildman–Crippen LogP) is 3.59. The van der Waals surface area contributed by atoms with Crippen molar-refractivity contribution in [1.29, 1.82) is 0 Å². The summed E-state index contributed by atoms with van der Waals surface area (Å²) in [7, 11) is 1.38. The summed E-state index contributed by atoms with van der Waals surface area (Å²) in [5.74, 6) is -0.272. The predicted molar refractivity (Wildman–Crippen MR) is 95.5 cm³/mol. The Hall–Kier alpha value is -2.08. The van der Waals surface area contributed by atoms with Gasteiger partial charge in [-0.1, -0.05) is 24.3 Å². The third kappa shape index (κ3) is 4.01. The Morgan fingerprint density at radius 1 is 1.23 bits per heavy atom. The average Bonchev–Trinajstić information content (AvgIpc) is 3.16. The molecule has 26 heavy (non-hydrogen) atoms. The Labute approximate surface area is 154 Å². The summed E-state index contributed by atoms with van der Waals surface area (Å²) < 4.78 is 16.5. The van der Waals surface area contributed by atoms with Crippen molar-refractivity contribution in [2.24, 2.45) is 0 Å². The molecule has 2 aliphatic rings. The summed E-state index contributed by atoms with van der Waals surface area (Å²) in [6.45, 7) is 6.10. The number of ether oxygens (including phenoxy) is 3. The Kier molecular flexibility index (Phi) is 5.23. The third-order valence-electron chi connectivity index (χ3n) is 4.79. The van der Waals surface area contributed by atoms with Gasteiger partial charge in [-0.05, 0) is 44.7 Å². The fourth-order valence-corrected chi connectivity index (χ4v) is 3.70. The van der Waals surface area contributed by atoms with E-state index < -0.39 is 5.60 Å². The molecule has 0 aliphatic carbocycles. The quantitative estimate of drug-likeness (QED) is 0.770. The van der Waals surface area contributed by atoms with Crippen molar-refractivity contribution in [3.8, 4) is 0 Å². The van der Waals surface area contributed by atoms with Crippen LogP contribution in [0.5, 0.6) is 0 Å². The average molecular weight is 361 g/mol. The van der Waals surface area contributed by atoms with Crippen LogP contribution in [0.1, 0.15) is 57.2 Å². The lowest BCUT2D eigenvalue weighted by atomic mass is 9.98. The third-order valence-corrected chi connectivity index (χ3v) is 4.79. The molecular weight excluding hydrogens is 334 g/mol. The number of hydrogen-bond donors (Lipinski definition) is 0. The number of carbonyl (C=O) groups is 2. The van der Waals surface area contributed by atoms with Crippen LogP contribution in [-0.2, 0) is 25.5 Å². The Bertz CT molecular complexity index is 681. The van der Waals surface area contributed by atoms with E-state index >= 15 is 0 Å². The normalized spacial score (nSPS) is 25.1. The van der Waals surface area contributed by atoms with E-state index in [1.54, 1.807) is 4.90 Å². The fourth-order valence-electron chi connectivity index (χ4n) is 3.70. The summed E-state index contributed by atoms with van der Waals surface area (Å²) >= 11 is 0. The maximum atomic E-state index is 12.8. The molecule has 0 aromatic heterocycles. The van der Waals surface area contributed by atoms with Crippen molar-refractivity contribution in [2.75, 3.05) is 7.11 Å². The molecule has 2 aliphatic heterocycles. The minimum absolute atomic E-state index is 0.152. The van der Waals surface area contributed by atoms with E-state index in [0.717, 1.165) is 24.0 Å². The SMILES string of the molecule is COC(=O)CC1CCC(C2c3ccccc3CN2C(=O)OC(C)(C)C)O1. The van der Waals surface area contributed by atoms with E-state index in [-0.39, 0.29) is 36.7 Å². The van der Waals surface area contributed by atoms with Gasteiger partial charge in [0.15, 0.2) is 0 Å². The van der Waals surface area contributed by atoms with Gasteiger partial charge in [-0.25, -0.2) is 4.79 Å². The number of amides is 1. The van der Waals surface area contributed by atoms with E-state index in [4.69, 9.17) is 14.2 Å². The molecule has 1 amide bonds. The molecule has 1 saturated heterocycles. The second-order valence-electron chi connectivity index (χ2n) is 7.91. The van der Waals surface area contributed by atoms with E-state index in [1.165, 1.54) is 7.11 Å². The number of methoxy groups -OCH3 is 1. The van der Waals surface area contributed by atoms with E-state index in [0.29, 0.717) is 6.54 Å². The van der Waals surface area contributed by atoms with E-state index in [2.05, 4.69) is 0 Å². The van der Waals surface area contributed by atoms with Gasteiger partial charge < -0.3 is 14.2 Å². The molecule has 1 fully saturated rings. The Balaban J connectivity index is 1.79. The van der Waals surface area contributed by atoms with Crippen LogP contribution in [0.25, 0.3) is 0 Å². The molecule has 0 N–H and O–H groups in total. The Morgan fingerprint density at radius 2 is 1.96 bits per heavy atom. The molecule has 0 saturated carbocycles. The number of carbonyl (C=O) groups excluding carboxylic acids is 2. The van der Waals surface area contributed by atoms with Crippen molar-refractivity contribution in [3.63, 3.8) is 0 Å². The van der Waals surface area contributed by atoms with Crippen LogP contribution >= 0.6 is 0 Å². The molecule has 3 atom stereocenters. The van der Waals surface area contributed by atoms with Crippen LogP contribution in [0, 0.1) is 0 Å². The number of nitrogens with zero attached hydrogens (tertiary/aromatic N) is 1. The van der Waals surface area contributed by atoms with Crippen molar-refractivity contribution >= 4 is 12.1 Å². The van der Waals surface area contributed by atoms with Crippen LogP contribution in [0.2, 0.25) is 0 Å². The first-order valence-corrected chi connectivity index (χ1v) is 9.08. The summed E-state index contributed by atoms with van der Waals surface area (Å²) in [4.78, 5) is 26.1.